The summed E-state index contributed by atoms with van der Waals surface area (Å²) in [5.74, 6) is 0.930. The highest BCUT2D eigenvalue weighted by atomic mass is 35.5. The van der Waals surface area contributed by atoms with Crippen LogP contribution in [0.1, 0.15) is 26.7 Å². The summed E-state index contributed by atoms with van der Waals surface area (Å²) in [6.45, 7) is 7.01. The molecule has 0 aromatic carbocycles. The second-order valence-corrected chi connectivity index (χ2v) is 7.11. The predicted molar refractivity (Wildman–Crippen MR) is 99.8 cm³/mol. The Morgan fingerprint density at radius 1 is 1.32 bits per heavy atom. The number of hydrogen-bond donors (Lipinski definition) is 1. The summed E-state index contributed by atoms with van der Waals surface area (Å²) < 4.78 is 0. The number of likely N-dealkylation sites (tertiary alicyclic amines) is 1. The van der Waals surface area contributed by atoms with Gasteiger partial charge in [0.2, 0.25) is 11.8 Å². The molecule has 2 saturated heterocycles. The molecule has 0 radical (unpaired) electrons. The van der Waals surface area contributed by atoms with Crippen LogP contribution in [-0.4, -0.2) is 53.9 Å². The Kier molecular flexibility index (Phi) is 6.64. The summed E-state index contributed by atoms with van der Waals surface area (Å²) in [6.07, 6.45) is 5.02. The molecule has 0 spiro atoms. The molecule has 2 amide bonds. The standard InChI is InChI=1S/C18H26N4O2.ClH/c1-13(2)15-10-22(14-5-7-19-8-6-14)11-16(15)20-17(23)12-21-9-3-4-18(21)24;/h5-8,13,15-16H,3-4,9-12H2,1-2H3,(H,20,23);1H/t15-,16+;/m1./s1. The fourth-order valence-electron chi connectivity index (χ4n) is 3.72. The number of carbonyl (C=O) groups is 2. The highest BCUT2D eigenvalue weighted by molar-refractivity contribution is 5.86. The second kappa shape index (κ2) is 8.52. The van der Waals surface area contributed by atoms with Gasteiger partial charge in [-0.05, 0) is 24.5 Å². The molecule has 1 aromatic heterocycles. The van der Waals surface area contributed by atoms with Gasteiger partial charge in [-0.15, -0.1) is 12.4 Å². The number of rotatable bonds is 5. The number of carbonyl (C=O) groups excluding carboxylic acids is 2. The molecule has 6 nitrogen and oxygen atoms in total. The molecule has 25 heavy (non-hydrogen) atoms. The number of amides is 2. The maximum atomic E-state index is 12.4. The molecule has 1 aromatic rings. The van der Waals surface area contributed by atoms with E-state index in [4.69, 9.17) is 0 Å². The number of aromatic nitrogens is 1. The van der Waals surface area contributed by atoms with E-state index in [0.29, 0.717) is 24.8 Å². The quantitative estimate of drug-likeness (QED) is 0.861. The summed E-state index contributed by atoms with van der Waals surface area (Å²) in [7, 11) is 0. The third kappa shape index (κ3) is 4.63. The Morgan fingerprint density at radius 2 is 2.04 bits per heavy atom. The zero-order valence-corrected chi connectivity index (χ0v) is 15.7. The third-order valence-corrected chi connectivity index (χ3v) is 5.10. The third-order valence-electron chi connectivity index (χ3n) is 5.10. The number of nitrogens with one attached hydrogen (secondary N) is 1. The minimum Gasteiger partial charge on any atom is -0.369 e. The Morgan fingerprint density at radius 3 is 2.64 bits per heavy atom. The van der Waals surface area contributed by atoms with Crippen LogP contribution in [0.15, 0.2) is 24.5 Å². The lowest BCUT2D eigenvalue weighted by Crippen LogP contribution is -2.46. The van der Waals surface area contributed by atoms with Gasteiger partial charge in [0.1, 0.15) is 0 Å². The number of pyridine rings is 1. The van der Waals surface area contributed by atoms with Crippen LogP contribution in [0.5, 0.6) is 0 Å². The first-order valence-electron chi connectivity index (χ1n) is 8.76. The lowest BCUT2D eigenvalue weighted by atomic mass is 9.91. The van der Waals surface area contributed by atoms with Crippen LogP contribution >= 0.6 is 12.4 Å². The monoisotopic (exact) mass is 366 g/mol. The zero-order valence-electron chi connectivity index (χ0n) is 14.9. The van der Waals surface area contributed by atoms with Gasteiger partial charge in [0, 0.05) is 50.1 Å². The normalized spacial score (nSPS) is 23.1. The molecule has 0 bridgehead atoms. The van der Waals surface area contributed by atoms with Crippen molar-refractivity contribution in [3.63, 3.8) is 0 Å². The van der Waals surface area contributed by atoms with Gasteiger partial charge in [-0.2, -0.15) is 0 Å². The predicted octanol–water partition coefficient (Wildman–Crippen LogP) is 1.70. The SMILES string of the molecule is CC(C)[C@H]1CN(c2ccncc2)C[C@@H]1NC(=O)CN1CCCC1=O.Cl. The summed E-state index contributed by atoms with van der Waals surface area (Å²) in [5.41, 5.74) is 1.14. The molecule has 2 fully saturated rings. The zero-order chi connectivity index (χ0) is 17.1. The van der Waals surface area contributed by atoms with Gasteiger partial charge < -0.3 is 15.1 Å². The van der Waals surface area contributed by atoms with Crippen molar-refractivity contribution in [2.75, 3.05) is 31.1 Å². The van der Waals surface area contributed by atoms with E-state index in [1.165, 1.54) is 0 Å². The van der Waals surface area contributed by atoms with E-state index < -0.39 is 0 Å². The van der Waals surface area contributed by atoms with E-state index in [-0.39, 0.29) is 36.8 Å². The van der Waals surface area contributed by atoms with Crippen LogP contribution in [0.3, 0.4) is 0 Å². The molecule has 0 aliphatic carbocycles. The lowest BCUT2D eigenvalue weighted by Gasteiger charge is -2.24. The molecule has 3 heterocycles. The maximum absolute atomic E-state index is 12.4. The van der Waals surface area contributed by atoms with Crippen LogP contribution in [-0.2, 0) is 9.59 Å². The Labute approximate surface area is 155 Å². The second-order valence-electron chi connectivity index (χ2n) is 7.11. The van der Waals surface area contributed by atoms with Gasteiger partial charge in [0.25, 0.3) is 0 Å². The van der Waals surface area contributed by atoms with Crippen molar-refractivity contribution in [3.05, 3.63) is 24.5 Å². The van der Waals surface area contributed by atoms with E-state index in [1.807, 2.05) is 12.1 Å². The van der Waals surface area contributed by atoms with Crippen molar-refractivity contribution >= 4 is 29.9 Å². The molecule has 2 aliphatic heterocycles. The molecule has 2 atom stereocenters. The summed E-state index contributed by atoms with van der Waals surface area (Å²) >= 11 is 0. The number of halogens is 1. The largest absolute Gasteiger partial charge is 0.369 e. The van der Waals surface area contributed by atoms with Crippen molar-refractivity contribution in [3.8, 4) is 0 Å². The number of hydrogen-bond acceptors (Lipinski definition) is 4. The molecule has 0 unspecified atom stereocenters. The molecule has 0 saturated carbocycles. The van der Waals surface area contributed by atoms with Gasteiger partial charge in [-0.25, -0.2) is 0 Å². The first kappa shape index (κ1) is 19.5. The van der Waals surface area contributed by atoms with Crippen LogP contribution < -0.4 is 10.2 Å². The smallest absolute Gasteiger partial charge is 0.239 e. The minimum absolute atomic E-state index is 0. The van der Waals surface area contributed by atoms with Crippen LogP contribution in [0.2, 0.25) is 0 Å². The fraction of sp³-hybridized carbons (Fsp3) is 0.611. The van der Waals surface area contributed by atoms with Gasteiger partial charge in [-0.3, -0.25) is 14.6 Å². The first-order chi connectivity index (χ1) is 11.5. The maximum Gasteiger partial charge on any atom is 0.239 e. The summed E-state index contributed by atoms with van der Waals surface area (Å²) in [4.78, 5) is 32.1. The molecule has 7 heteroatoms. The first-order valence-corrected chi connectivity index (χ1v) is 8.76. The van der Waals surface area contributed by atoms with E-state index in [0.717, 1.165) is 25.2 Å². The van der Waals surface area contributed by atoms with Crippen molar-refractivity contribution in [2.24, 2.45) is 11.8 Å². The average Bonchev–Trinajstić information content (AvgIpc) is 3.15. The van der Waals surface area contributed by atoms with Gasteiger partial charge in [0.05, 0.1) is 12.6 Å². The van der Waals surface area contributed by atoms with Gasteiger partial charge >= 0.3 is 0 Å². The van der Waals surface area contributed by atoms with Crippen molar-refractivity contribution in [1.82, 2.24) is 15.2 Å². The number of anilines is 1. The average molecular weight is 367 g/mol. The highest BCUT2D eigenvalue weighted by Crippen LogP contribution is 2.28. The Hall–Kier alpha value is -1.82. The number of nitrogens with zero attached hydrogens (tertiary/aromatic N) is 3. The van der Waals surface area contributed by atoms with E-state index in [9.17, 15) is 9.59 Å². The minimum atomic E-state index is -0.0440. The Balaban J connectivity index is 0.00000225. The van der Waals surface area contributed by atoms with Crippen molar-refractivity contribution < 1.29 is 9.59 Å². The van der Waals surface area contributed by atoms with Crippen molar-refractivity contribution in [1.29, 1.82) is 0 Å². The molecular weight excluding hydrogens is 340 g/mol. The molecule has 138 valence electrons. The van der Waals surface area contributed by atoms with E-state index in [2.05, 4.69) is 29.0 Å². The summed E-state index contributed by atoms with van der Waals surface area (Å²) in [6, 6.07) is 4.12. The van der Waals surface area contributed by atoms with E-state index >= 15 is 0 Å². The molecule has 2 aliphatic rings. The molecular formula is C18H27ClN4O2. The van der Waals surface area contributed by atoms with Gasteiger partial charge in [-0.1, -0.05) is 13.8 Å². The van der Waals surface area contributed by atoms with Gasteiger partial charge in [0.15, 0.2) is 0 Å². The molecule has 3 rings (SSSR count). The topological polar surface area (TPSA) is 65.5 Å². The van der Waals surface area contributed by atoms with Crippen LogP contribution in [0.25, 0.3) is 0 Å². The van der Waals surface area contributed by atoms with Crippen molar-refractivity contribution in [2.45, 2.75) is 32.7 Å². The highest BCUT2D eigenvalue weighted by Gasteiger charge is 2.36. The summed E-state index contributed by atoms with van der Waals surface area (Å²) in [5, 5.41) is 3.17. The van der Waals surface area contributed by atoms with Crippen LogP contribution in [0, 0.1) is 11.8 Å². The fourth-order valence-corrected chi connectivity index (χ4v) is 3.72. The Bertz CT molecular complexity index is 596. The lowest BCUT2D eigenvalue weighted by molar-refractivity contribution is -0.133. The van der Waals surface area contributed by atoms with Crippen LogP contribution in [0.4, 0.5) is 5.69 Å². The van der Waals surface area contributed by atoms with E-state index in [1.54, 1.807) is 17.3 Å². The molecule has 1 N–H and O–H groups in total.